The molecule has 1 saturated heterocycles. The Morgan fingerprint density at radius 2 is 1.00 bits per heavy atom. The Morgan fingerprint density at radius 1 is 0.560 bits per heavy atom. The first-order valence-corrected chi connectivity index (χ1v) is 31.6. The van der Waals surface area contributed by atoms with Gasteiger partial charge in [-0.3, -0.25) is 14.4 Å². The molecule has 4 aromatic carbocycles. The highest BCUT2D eigenvalue weighted by molar-refractivity contribution is 6.48. The molecule has 1 amide bonds. The predicted octanol–water partition coefficient (Wildman–Crippen LogP) is 14.0. The van der Waals surface area contributed by atoms with Crippen LogP contribution in [0.4, 0.5) is 0 Å². The Balaban J connectivity index is 1.25. The van der Waals surface area contributed by atoms with Gasteiger partial charge in [0.1, 0.15) is 24.4 Å². The fraction of sp³-hybridized carbons (Fsp3) is 0.578. The monoisotopic (exact) mass is 1050 g/mol. The number of amides is 1. The van der Waals surface area contributed by atoms with Gasteiger partial charge in [0.15, 0.2) is 21.4 Å². The average molecular weight is 1050 g/mol. The lowest BCUT2D eigenvalue weighted by molar-refractivity contribution is -0.279. The summed E-state index contributed by atoms with van der Waals surface area (Å²) in [5, 5.41) is 3.22. The minimum atomic E-state index is -1.79. The van der Waals surface area contributed by atoms with Crippen LogP contribution in [0.5, 0.6) is 0 Å². The predicted molar refractivity (Wildman–Crippen MR) is 304 cm³/mol. The van der Waals surface area contributed by atoms with Crippen molar-refractivity contribution < 1.29 is 42.5 Å². The van der Waals surface area contributed by atoms with Gasteiger partial charge in [0.05, 0.1) is 25.2 Å². The summed E-state index contributed by atoms with van der Waals surface area (Å²) in [5.41, 5.74) is 4.51. The zero-order valence-corrected chi connectivity index (χ0v) is 47.6. The molecule has 0 aromatic heterocycles. The highest BCUT2D eigenvalue weighted by Crippen LogP contribution is 2.31. The number of nitrogens with one attached hydrogen (secondary N) is 1. The summed E-state index contributed by atoms with van der Waals surface area (Å²) in [6.45, 7) is 10.5. The molecule has 0 bridgehead atoms. The van der Waals surface area contributed by atoms with Gasteiger partial charge in [-0.15, -0.1) is 0 Å². The Bertz CT molecular complexity index is 2120. The lowest BCUT2D eigenvalue weighted by Gasteiger charge is -2.47. The molecule has 1 aliphatic rings. The number of unbranched alkanes of at least 4 members (excludes halogenated alkanes) is 13. The first-order valence-electron chi connectivity index (χ1n) is 28.8. The third-order valence-corrected chi connectivity index (χ3v) is 14.6. The molecule has 1 N–H and O–H groups in total. The van der Waals surface area contributed by atoms with E-state index < -0.39 is 51.4 Å². The zero-order chi connectivity index (χ0) is 53.4. The molecule has 5 rings (SSSR count). The van der Waals surface area contributed by atoms with Crippen LogP contribution >= 0.6 is 0 Å². The Kier molecular flexibility index (Phi) is 29.1. The van der Waals surface area contributed by atoms with Crippen LogP contribution in [0.1, 0.15) is 171 Å². The number of carbonyl (C=O) groups is 3. The van der Waals surface area contributed by atoms with E-state index in [1.807, 2.05) is 57.2 Å². The van der Waals surface area contributed by atoms with Crippen molar-refractivity contribution >= 4 is 26.9 Å². The quantitative estimate of drug-likeness (QED) is 0.0267. The van der Waals surface area contributed by atoms with Crippen molar-refractivity contribution in [2.75, 3.05) is 6.61 Å². The maximum atomic E-state index is 14.6. The number of esters is 2. The van der Waals surface area contributed by atoms with Gasteiger partial charge in [-0.2, -0.15) is 0 Å². The van der Waals surface area contributed by atoms with Crippen LogP contribution in [0.15, 0.2) is 121 Å². The van der Waals surface area contributed by atoms with Gasteiger partial charge in [-0.1, -0.05) is 186 Å². The first kappa shape index (κ1) is 61.2. The van der Waals surface area contributed by atoms with Crippen molar-refractivity contribution in [2.24, 2.45) is 0 Å². The fourth-order valence-electron chi connectivity index (χ4n) is 9.75. The van der Waals surface area contributed by atoms with Crippen molar-refractivity contribution in [3.05, 3.63) is 144 Å². The molecule has 10 nitrogen and oxygen atoms in total. The van der Waals surface area contributed by atoms with Crippen molar-refractivity contribution in [1.29, 1.82) is 0 Å². The molecular weight excluding hydrogens is 955 g/mol. The summed E-state index contributed by atoms with van der Waals surface area (Å²) in [7, 11) is -1.79. The Labute approximate surface area is 453 Å². The topological polar surface area (TPSA) is 119 Å². The molecule has 11 heteroatoms. The molecule has 1 fully saturated rings. The summed E-state index contributed by atoms with van der Waals surface area (Å²) < 4.78 is 39.1. The van der Waals surface area contributed by atoms with E-state index in [-0.39, 0.29) is 43.9 Å². The average Bonchev–Trinajstić information content (AvgIpc) is 3.40. The van der Waals surface area contributed by atoms with Gasteiger partial charge in [-0.25, -0.2) is 0 Å². The SMILES string of the molecule is C[SiH](C)O[C@H]1[C@H](OC(=O)CCCCCCCCc2ccccc2)[C@@H](NC(=O)CC(CCCCCCc2ccccc2)OC(=O)CCCCCCCCc2ccccc2)[C@H](OCc2ccccc2)O[C@@H]1COC(C)(C)C. The molecule has 0 saturated carbocycles. The Morgan fingerprint density at radius 3 is 1.48 bits per heavy atom. The van der Waals surface area contributed by atoms with E-state index in [0.29, 0.717) is 19.3 Å². The minimum absolute atomic E-state index is 0.0495. The first-order chi connectivity index (χ1) is 36.4. The minimum Gasteiger partial charge on any atom is -0.462 e. The molecule has 0 spiro atoms. The lowest BCUT2D eigenvalue weighted by Crippen LogP contribution is -2.67. The number of hydrogen-bond donors (Lipinski definition) is 1. The number of ether oxygens (including phenoxy) is 5. The fourth-order valence-corrected chi connectivity index (χ4v) is 10.7. The van der Waals surface area contributed by atoms with Crippen LogP contribution in [-0.4, -0.2) is 75.8 Å². The molecule has 412 valence electrons. The lowest BCUT2D eigenvalue weighted by atomic mass is 9.95. The second kappa shape index (κ2) is 35.6. The normalized spacial score (nSPS) is 18.1. The van der Waals surface area contributed by atoms with E-state index in [9.17, 15) is 14.4 Å². The van der Waals surface area contributed by atoms with Crippen molar-refractivity contribution in [3.63, 3.8) is 0 Å². The summed E-state index contributed by atoms with van der Waals surface area (Å²) in [4.78, 5) is 42.1. The molecule has 75 heavy (non-hydrogen) atoms. The zero-order valence-electron chi connectivity index (χ0n) is 46.4. The molecule has 0 aliphatic carbocycles. The molecule has 6 atom stereocenters. The van der Waals surface area contributed by atoms with Gasteiger partial charge in [0, 0.05) is 12.8 Å². The summed E-state index contributed by atoms with van der Waals surface area (Å²) >= 11 is 0. The number of benzene rings is 4. The van der Waals surface area contributed by atoms with Gasteiger partial charge < -0.3 is 33.4 Å². The van der Waals surface area contributed by atoms with E-state index in [2.05, 4.69) is 103 Å². The van der Waals surface area contributed by atoms with Crippen LogP contribution in [0.2, 0.25) is 13.1 Å². The van der Waals surface area contributed by atoms with Gasteiger partial charge in [-0.05, 0) is 120 Å². The highest BCUT2D eigenvalue weighted by Gasteiger charge is 2.50. The van der Waals surface area contributed by atoms with Crippen LogP contribution in [-0.2, 0) is 68.4 Å². The maximum absolute atomic E-state index is 14.6. The third-order valence-electron chi connectivity index (χ3n) is 13.8. The largest absolute Gasteiger partial charge is 0.462 e. The van der Waals surface area contributed by atoms with Crippen LogP contribution in [0.3, 0.4) is 0 Å². The van der Waals surface area contributed by atoms with E-state index in [1.165, 1.54) is 23.1 Å². The smallest absolute Gasteiger partial charge is 0.306 e. The second-order valence-electron chi connectivity index (χ2n) is 21.9. The summed E-state index contributed by atoms with van der Waals surface area (Å²) in [6, 6.07) is 40.6. The van der Waals surface area contributed by atoms with Crippen molar-refractivity contribution in [2.45, 2.75) is 230 Å². The highest BCUT2D eigenvalue weighted by atomic mass is 28.3. The number of hydrogen-bond acceptors (Lipinski definition) is 9. The molecule has 1 aliphatic heterocycles. The van der Waals surface area contributed by atoms with Crippen LogP contribution < -0.4 is 5.32 Å². The molecular formula is C64H93NO9Si. The van der Waals surface area contributed by atoms with Crippen molar-refractivity contribution in [3.8, 4) is 0 Å². The molecule has 4 aromatic rings. The molecule has 0 radical (unpaired) electrons. The summed E-state index contributed by atoms with van der Waals surface area (Å²) in [5.74, 6) is -0.970. The van der Waals surface area contributed by atoms with Gasteiger partial charge >= 0.3 is 11.9 Å². The van der Waals surface area contributed by atoms with E-state index in [0.717, 1.165) is 115 Å². The maximum Gasteiger partial charge on any atom is 0.306 e. The molecule has 1 unspecified atom stereocenters. The van der Waals surface area contributed by atoms with Crippen LogP contribution in [0, 0.1) is 0 Å². The molecule has 1 heterocycles. The number of aryl methyl sites for hydroxylation is 3. The van der Waals surface area contributed by atoms with Gasteiger partial charge in [0.2, 0.25) is 5.91 Å². The number of carbonyl (C=O) groups excluding carboxylic acids is 3. The van der Waals surface area contributed by atoms with E-state index in [4.69, 9.17) is 28.1 Å². The second-order valence-corrected chi connectivity index (χ2v) is 24.3. The third kappa shape index (κ3) is 26.3. The van der Waals surface area contributed by atoms with E-state index >= 15 is 0 Å². The van der Waals surface area contributed by atoms with Crippen molar-refractivity contribution in [1.82, 2.24) is 5.32 Å². The Hall–Kier alpha value is -4.65. The van der Waals surface area contributed by atoms with Gasteiger partial charge in [0.25, 0.3) is 0 Å². The van der Waals surface area contributed by atoms with Crippen LogP contribution in [0.25, 0.3) is 0 Å². The number of rotatable bonds is 37. The van der Waals surface area contributed by atoms with E-state index in [1.54, 1.807) is 0 Å². The summed E-state index contributed by atoms with van der Waals surface area (Å²) in [6.07, 6.45) is 16.4. The standard InChI is InChI=1S/C64H93NO9Si/c1-64(2,3)70-50-56-61(74-75(4)5)62(73-59(68)47-33-13-9-7-11-21-35-52-39-25-17-26-40-52)60(63(72-56)69-49-54-43-29-19-30-44-54)65-57(66)48-55(45-31-15-14-22-36-53-41-27-18-28-42-53)71-58(67)46-32-12-8-6-10-20-34-51-37-23-16-24-38-51/h16-19,23-30,37-44,55-56,60-63,75H,6-15,20-22,31-36,45-50H2,1-5H3,(H,65,66)/t55?,56-,60-,61-,62-,63-/m1/s1.